The van der Waals surface area contributed by atoms with Gasteiger partial charge in [0.15, 0.2) is 5.66 Å². The molecule has 0 saturated carbocycles. The molecule has 0 spiro atoms. The van der Waals surface area contributed by atoms with Gasteiger partial charge < -0.3 is 9.47 Å². The van der Waals surface area contributed by atoms with Crippen LogP contribution in [0.15, 0.2) is 107 Å². The lowest BCUT2D eigenvalue weighted by Crippen LogP contribution is -2.62. The zero-order valence-electron chi connectivity index (χ0n) is 28.3. The first kappa shape index (κ1) is 33.5. The summed E-state index contributed by atoms with van der Waals surface area (Å²) in [5, 5.41) is 25.6. The van der Waals surface area contributed by atoms with E-state index in [1.165, 1.54) is 12.1 Å². The largest absolute Gasteiger partial charge is 0.460 e. The van der Waals surface area contributed by atoms with Crippen LogP contribution in [0.2, 0.25) is 5.02 Å². The molecule has 4 aromatic rings. The fourth-order valence-electron chi connectivity index (χ4n) is 7.14. The van der Waals surface area contributed by atoms with Gasteiger partial charge in [0, 0.05) is 29.1 Å². The molecule has 0 fully saturated rings. The Labute approximate surface area is 299 Å². The van der Waals surface area contributed by atoms with E-state index < -0.39 is 28.2 Å². The molecule has 4 aromatic carbocycles. The highest BCUT2D eigenvalue weighted by Gasteiger charge is 2.64. The average Bonchev–Trinajstić information content (AvgIpc) is 3.59. The molecular formula is C37H34ClN7O6. The Hall–Kier alpha value is -5.95. The SMILES string of the molecule is CCOC(=O)C1=NN(c2ccc([N+](=O)[O-])cc2)[C@]2(C)C[C@@]3(c4ccccc4)N(c4ccc(Cl)cc4)N=C(C(=O)OCC)N3c3cc(C)ccc3N12. The number of hydrogen-bond donors (Lipinski definition) is 0. The summed E-state index contributed by atoms with van der Waals surface area (Å²) < 4.78 is 11.2. The van der Waals surface area contributed by atoms with Crippen LogP contribution in [0, 0.1) is 17.0 Å². The second kappa shape index (κ2) is 12.7. The number of halogens is 1. The minimum absolute atomic E-state index is 0.000132. The van der Waals surface area contributed by atoms with Crippen LogP contribution in [0.1, 0.15) is 38.3 Å². The molecule has 3 heterocycles. The predicted molar refractivity (Wildman–Crippen MR) is 195 cm³/mol. The minimum atomic E-state index is -1.30. The van der Waals surface area contributed by atoms with E-state index >= 15 is 0 Å². The van der Waals surface area contributed by atoms with Crippen LogP contribution in [-0.2, 0) is 24.7 Å². The molecule has 51 heavy (non-hydrogen) atoms. The van der Waals surface area contributed by atoms with E-state index in [4.69, 9.17) is 31.3 Å². The van der Waals surface area contributed by atoms with Gasteiger partial charge in [0.25, 0.3) is 5.69 Å². The lowest BCUT2D eigenvalue weighted by atomic mass is 9.86. The number of ether oxygens (including phenoxy) is 2. The monoisotopic (exact) mass is 707 g/mol. The fraction of sp³-hybridized carbons (Fsp3) is 0.243. The first-order valence-corrected chi connectivity index (χ1v) is 16.8. The van der Waals surface area contributed by atoms with Gasteiger partial charge in [0.05, 0.1) is 40.9 Å². The second-order valence-electron chi connectivity index (χ2n) is 12.4. The first-order valence-electron chi connectivity index (χ1n) is 16.4. The van der Waals surface area contributed by atoms with Gasteiger partial charge in [-0.25, -0.2) is 19.6 Å². The summed E-state index contributed by atoms with van der Waals surface area (Å²) in [6.07, 6.45) is 0.121. The van der Waals surface area contributed by atoms with Crippen molar-refractivity contribution in [2.45, 2.75) is 45.4 Å². The molecule has 0 aliphatic carbocycles. The molecule has 0 unspecified atom stereocenters. The zero-order chi connectivity index (χ0) is 36.1. The van der Waals surface area contributed by atoms with Crippen molar-refractivity contribution >= 4 is 63.6 Å². The molecule has 3 aliphatic rings. The number of fused-ring (bicyclic) bond motifs is 5. The Kier molecular flexibility index (Phi) is 8.38. The van der Waals surface area contributed by atoms with Crippen molar-refractivity contribution in [3.8, 4) is 0 Å². The molecule has 7 rings (SSSR count). The number of nitro benzene ring substituents is 1. The highest BCUT2D eigenvalue weighted by Crippen LogP contribution is 2.57. The number of non-ortho nitro benzene ring substituents is 1. The third-order valence-corrected chi connectivity index (χ3v) is 9.45. The van der Waals surface area contributed by atoms with Crippen LogP contribution >= 0.6 is 11.6 Å². The van der Waals surface area contributed by atoms with E-state index in [1.807, 2.05) is 84.3 Å². The Morgan fingerprint density at radius 3 is 1.98 bits per heavy atom. The molecule has 0 radical (unpaired) electrons. The van der Waals surface area contributed by atoms with Crippen LogP contribution in [0.3, 0.4) is 0 Å². The van der Waals surface area contributed by atoms with E-state index in [2.05, 4.69) is 0 Å². The van der Waals surface area contributed by atoms with Gasteiger partial charge in [-0.2, -0.15) is 0 Å². The van der Waals surface area contributed by atoms with Crippen molar-refractivity contribution < 1.29 is 24.0 Å². The van der Waals surface area contributed by atoms with Gasteiger partial charge in [0.2, 0.25) is 11.7 Å². The average molecular weight is 708 g/mol. The van der Waals surface area contributed by atoms with Gasteiger partial charge in [-0.05, 0) is 81.8 Å². The van der Waals surface area contributed by atoms with E-state index in [1.54, 1.807) is 48.1 Å². The van der Waals surface area contributed by atoms with Crippen molar-refractivity contribution in [2.24, 2.45) is 10.2 Å². The maximum absolute atomic E-state index is 14.0. The zero-order valence-corrected chi connectivity index (χ0v) is 29.1. The van der Waals surface area contributed by atoms with Crippen molar-refractivity contribution in [3.63, 3.8) is 0 Å². The molecule has 0 amide bonds. The summed E-state index contributed by atoms with van der Waals surface area (Å²) in [7, 11) is 0. The highest BCUT2D eigenvalue weighted by molar-refractivity contribution is 6.45. The van der Waals surface area contributed by atoms with Crippen molar-refractivity contribution in [1.29, 1.82) is 0 Å². The van der Waals surface area contributed by atoms with E-state index in [-0.39, 0.29) is 37.0 Å². The Bertz CT molecular complexity index is 2090. The Balaban J connectivity index is 1.58. The molecule has 14 heteroatoms. The van der Waals surface area contributed by atoms with Crippen LogP contribution in [0.25, 0.3) is 0 Å². The quantitative estimate of drug-likeness (QED) is 0.108. The molecule has 13 nitrogen and oxygen atoms in total. The maximum Gasteiger partial charge on any atom is 0.376 e. The number of carbonyl (C=O) groups excluding carboxylic acids is 2. The maximum atomic E-state index is 14.0. The normalized spacial score (nSPS) is 20.5. The molecule has 0 N–H and O–H groups in total. The first-order chi connectivity index (χ1) is 24.5. The van der Waals surface area contributed by atoms with E-state index in [9.17, 15) is 19.7 Å². The van der Waals surface area contributed by atoms with Crippen LogP contribution in [0.5, 0.6) is 0 Å². The number of hydrazone groups is 2. The summed E-state index contributed by atoms with van der Waals surface area (Å²) in [5.41, 5.74) is 1.24. The number of amidine groups is 2. The number of carbonyl (C=O) groups is 2. The number of rotatable bonds is 8. The third-order valence-electron chi connectivity index (χ3n) is 9.19. The van der Waals surface area contributed by atoms with E-state index in [0.717, 1.165) is 11.1 Å². The fourth-order valence-corrected chi connectivity index (χ4v) is 7.27. The lowest BCUT2D eigenvalue weighted by Gasteiger charge is -2.48. The molecule has 3 aliphatic heterocycles. The summed E-state index contributed by atoms with van der Waals surface area (Å²) in [6.45, 7) is 7.54. The highest BCUT2D eigenvalue weighted by atomic mass is 35.5. The standard InChI is InChI=1S/C37H34ClN7O6/c1-5-50-34(46)32-39-43(27-17-19-29(20-18-27)45(48)49)36(4)23-37(25-10-8-7-9-11-25)42(31-22-24(3)12-21-30(31)41(32)36)33(35(47)51-6-2)40-44(37)28-15-13-26(38)14-16-28/h7-22H,5-6,23H2,1-4H3/t36-,37+/m1/s1. The summed E-state index contributed by atoms with van der Waals surface area (Å²) in [5.74, 6) is -1.27. The molecule has 0 saturated heterocycles. The number of hydrogen-bond acceptors (Lipinski definition) is 12. The van der Waals surface area contributed by atoms with E-state index in [0.29, 0.717) is 27.8 Å². The number of nitrogens with zero attached hydrogens (tertiary/aromatic N) is 7. The van der Waals surface area contributed by atoms with Crippen molar-refractivity contribution in [1.82, 2.24) is 0 Å². The van der Waals surface area contributed by atoms with Crippen LogP contribution < -0.4 is 19.8 Å². The van der Waals surface area contributed by atoms with Crippen LogP contribution in [0.4, 0.5) is 28.4 Å². The number of aryl methyl sites for hydroxylation is 1. The summed E-state index contributed by atoms with van der Waals surface area (Å²) in [4.78, 5) is 42.8. The third kappa shape index (κ3) is 5.32. The number of nitro groups is 1. The molecule has 0 bridgehead atoms. The summed E-state index contributed by atoms with van der Waals surface area (Å²) >= 11 is 6.37. The summed E-state index contributed by atoms with van der Waals surface area (Å²) in [6, 6.07) is 28.5. The lowest BCUT2D eigenvalue weighted by molar-refractivity contribution is -0.384. The second-order valence-corrected chi connectivity index (χ2v) is 12.8. The van der Waals surface area contributed by atoms with Gasteiger partial charge in [-0.3, -0.25) is 19.9 Å². The molecule has 260 valence electrons. The van der Waals surface area contributed by atoms with Crippen molar-refractivity contribution in [2.75, 3.05) is 33.0 Å². The smallest absolute Gasteiger partial charge is 0.376 e. The molecule has 2 atom stereocenters. The molecular weight excluding hydrogens is 674 g/mol. The number of anilines is 4. The minimum Gasteiger partial charge on any atom is -0.460 e. The Morgan fingerprint density at radius 1 is 0.804 bits per heavy atom. The number of benzene rings is 4. The number of esters is 2. The van der Waals surface area contributed by atoms with Gasteiger partial charge in [-0.1, -0.05) is 48.0 Å². The Morgan fingerprint density at radius 2 is 1.37 bits per heavy atom. The van der Waals surface area contributed by atoms with Gasteiger partial charge in [-0.15, -0.1) is 10.2 Å². The topological polar surface area (TPSA) is 133 Å². The van der Waals surface area contributed by atoms with Crippen LogP contribution in [-0.4, -0.2) is 47.4 Å². The van der Waals surface area contributed by atoms with Crippen molar-refractivity contribution in [3.05, 3.63) is 123 Å². The van der Waals surface area contributed by atoms with Gasteiger partial charge in [0.1, 0.15) is 5.66 Å². The predicted octanol–water partition coefficient (Wildman–Crippen LogP) is 6.94. The van der Waals surface area contributed by atoms with Gasteiger partial charge >= 0.3 is 11.9 Å². The molecule has 0 aromatic heterocycles.